The summed E-state index contributed by atoms with van der Waals surface area (Å²) in [6, 6.07) is 6.93. The van der Waals surface area contributed by atoms with Crippen molar-refractivity contribution in [3.05, 3.63) is 48.3 Å². The van der Waals surface area contributed by atoms with Crippen LogP contribution in [0.5, 0.6) is 0 Å². The molecule has 0 unspecified atom stereocenters. The number of carbonyl (C=O) groups is 1. The minimum Gasteiger partial charge on any atom is -0.459 e. The number of aryl methyl sites for hydroxylation is 1. The van der Waals surface area contributed by atoms with E-state index < -0.39 is 0 Å². The van der Waals surface area contributed by atoms with Gasteiger partial charge in [-0.3, -0.25) is 4.79 Å². The van der Waals surface area contributed by atoms with Gasteiger partial charge in [0.1, 0.15) is 11.3 Å². The van der Waals surface area contributed by atoms with Crippen LogP contribution in [0.4, 0.5) is 0 Å². The van der Waals surface area contributed by atoms with Crippen LogP contribution in [0.3, 0.4) is 0 Å². The zero-order chi connectivity index (χ0) is 16.4. The van der Waals surface area contributed by atoms with Gasteiger partial charge in [0.2, 0.25) is 0 Å². The zero-order valence-electron chi connectivity index (χ0n) is 13.5. The predicted molar refractivity (Wildman–Crippen MR) is 86.9 cm³/mol. The third kappa shape index (κ3) is 3.11. The third-order valence-corrected chi connectivity index (χ3v) is 3.73. The summed E-state index contributed by atoms with van der Waals surface area (Å²) >= 11 is 0. The molecule has 0 aliphatic rings. The van der Waals surface area contributed by atoms with Gasteiger partial charge in [-0.25, -0.2) is 9.97 Å². The number of pyridine rings is 1. The minimum absolute atomic E-state index is 0.202. The van der Waals surface area contributed by atoms with Gasteiger partial charge in [-0.2, -0.15) is 0 Å². The van der Waals surface area contributed by atoms with Crippen LogP contribution in [0.1, 0.15) is 42.7 Å². The van der Waals surface area contributed by atoms with Gasteiger partial charge in [0.25, 0.3) is 5.91 Å². The second-order valence-corrected chi connectivity index (χ2v) is 6.01. The molecular weight excluding hydrogens is 292 g/mol. The summed E-state index contributed by atoms with van der Waals surface area (Å²) in [5, 5.41) is 3.03. The molecular formula is C17H20N4O2. The summed E-state index contributed by atoms with van der Waals surface area (Å²) in [7, 11) is 1.92. The quantitative estimate of drug-likeness (QED) is 0.786. The number of hydrogen-bond acceptors (Lipinski definition) is 4. The summed E-state index contributed by atoms with van der Waals surface area (Å²) in [6.07, 6.45) is 4.02. The Morgan fingerprint density at radius 3 is 2.83 bits per heavy atom. The van der Waals surface area contributed by atoms with Gasteiger partial charge in [0.15, 0.2) is 11.4 Å². The molecule has 23 heavy (non-hydrogen) atoms. The number of furan rings is 1. The molecule has 0 bridgehead atoms. The van der Waals surface area contributed by atoms with E-state index in [0.717, 1.165) is 23.4 Å². The van der Waals surface area contributed by atoms with E-state index in [-0.39, 0.29) is 11.9 Å². The van der Waals surface area contributed by atoms with E-state index in [1.807, 2.05) is 23.7 Å². The molecule has 0 aliphatic carbocycles. The first-order valence-electron chi connectivity index (χ1n) is 7.68. The van der Waals surface area contributed by atoms with Crippen LogP contribution < -0.4 is 5.32 Å². The van der Waals surface area contributed by atoms with Gasteiger partial charge < -0.3 is 14.3 Å². The number of aromatic nitrogens is 3. The van der Waals surface area contributed by atoms with Crippen molar-refractivity contribution in [1.82, 2.24) is 19.9 Å². The molecule has 1 atom stereocenters. The van der Waals surface area contributed by atoms with Gasteiger partial charge in [0, 0.05) is 13.2 Å². The van der Waals surface area contributed by atoms with Gasteiger partial charge in [-0.15, -0.1) is 0 Å². The Kier molecular flexibility index (Phi) is 4.14. The minimum atomic E-state index is -0.235. The molecule has 3 heterocycles. The number of rotatable bonds is 5. The lowest BCUT2D eigenvalue weighted by atomic mass is 10.0. The Labute approximate surface area is 134 Å². The fourth-order valence-electron chi connectivity index (χ4n) is 2.69. The van der Waals surface area contributed by atoms with E-state index in [2.05, 4.69) is 29.1 Å². The van der Waals surface area contributed by atoms with Crippen molar-refractivity contribution in [2.75, 3.05) is 0 Å². The fraction of sp³-hybridized carbons (Fsp3) is 0.353. The normalized spacial score (nSPS) is 12.7. The Bertz CT molecular complexity index is 805. The molecule has 0 radical (unpaired) electrons. The van der Waals surface area contributed by atoms with Gasteiger partial charge in [-0.05, 0) is 36.6 Å². The van der Waals surface area contributed by atoms with Crippen molar-refractivity contribution in [2.45, 2.75) is 26.3 Å². The van der Waals surface area contributed by atoms with Crippen molar-refractivity contribution < 1.29 is 9.21 Å². The van der Waals surface area contributed by atoms with Crippen molar-refractivity contribution in [1.29, 1.82) is 0 Å². The molecule has 6 heteroatoms. The zero-order valence-corrected chi connectivity index (χ0v) is 13.5. The van der Waals surface area contributed by atoms with Crippen molar-refractivity contribution in [2.24, 2.45) is 13.0 Å². The maximum Gasteiger partial charge on any atom is 0.287 e. The molecule has 3 aromatic rings. The molecule has 0 aromatic carbocycles. The largest absolute Gasteiger partial charge is 0.459 e. The van der Waals surface area contributed by atoms with Crippen LogP contribution in [0.2, 0.25) is 0 Å². The second-order valence-electron chi connectivity index (χ2n) is 6.01. The average Bonchev–Trinajstić information content (AvgIpc) is 3.15. The molecule has 3 rings (SSSR count). The highest BCUT2D eigenvalue weighted by Crippen LogP contribution is 2.24. The molecule has 0 aliphatic heterocycles. The first-order chi connectivity index (χ1) is 11.1. The van der Waals surface area contributed by atoms with Crippen molar-refractivity contribution >= 4 is 17.1 Å². The van der Waals surface area contributed by atoms with Crippen molar-refractivity contribution in [3.8, 4) is 0 Å². The van der Waals surface area contributed by atoms with Crippen molar-refractivity contribution in [3.63, 3.8) is 0 Å². The summed E-state index contributed by atoms with van der Waals surface area (Å²) in [6.45, 7) is 4.24. The monoisotopic (exact) mass is 312 g/mol. The van der Waals surface area contributed by atoms with E-state index in [4.69, 9.17) is 4.42 Å². The maximum atomic E-state index is 12.3. The van der Waals surface area contributed by atoms with E-state index in [9.17, 15) is 4.79 Å². The predicted octanol–water partition coefficient (Wildman–Crippen LogP) is 3.08. The van der Waals surface area contributed by atoms with Crippen LogP contribution in [0.25, 0.3) is 11.2 Å². The Morgan fingerprint density at radius 1 is 1.35 bits per heavy atom. The highest BCUT2D eigenvalue weighted by atomic mass is 16.3. The number of fused-ring (bicyclic) bond motifs is 1. The van der Waals surface area contributed by atoms with Crippen LogP contribution in [0.15, 0.2) is 41.1 Å². The molecule has 0 saturated heterocycles. The summed E-state index contributed by atoms with van der Waals surface area (Å²) in [5.74, 6) is 1.27. The first-order valence-corrected chi connectivity index (χ1v) is 7.68. The lowest BCUT2D eigenvalue weighted by Gasteiger charge is -2.19. The smallest absolute Gasteiger partial charge is 0.287 e. The van der Waals surface area contributed by atoms with Gasteiger partial charge >= 0.3 is 0 Å². The highest BCUT2D eigenvalue weighted by molar-refractivity contribution is 5.91. The molecule has 1 amide bonds. The number of nitrogens with zero attached hydrogens (tertiary/aromatic N) is 3. The summed E-state index contributed by atoms with van der Waals surface area (Å²) < 4.78 is 7.11. The highest BCUT2D eigenvalue weighted by Gasteiger charge is 2.23. The van der Waals surface area contributed by atoms with E-state index in [1.165, 1.54) is 6.26 Å². The third-order valence-electron chi connectivity index (χ3n) is 3.73. The fourth-order valence-corrected chi connectivity index (χ4v) is 2.69. The number of amides is 1. The first kappa shape index (κ1) is 15.3. The molecule has 6 nitrogen and oxygen atoms in total. The standard InChI is InChI=1S/C17H20N4O2/c1-11(2)10-13(20-17(22)14-7-5-9-23-14)16-19-12-6-4-8-18-15(12)21(16)3/h4-9,11,13H,10H2,1-3H3,(H,20,22)/t13-/m0/s1. The SMILES string of the molecule is CC(C)C[C@H](NC(=O)c1ccco1)c1nc2cccnc2n1C. The Morgan fingerprint density at radius 2 is 2.17 bits per heavy atom. The van der Waals surface area contributed by atoms with Crippen LogP contribution in [0, 0.1) is 5.92 Å². The molecule has 0 saturated carbocycles. The molecule has 0 spiro atoms. The molecule has 1 N–H and O–H groups in total. The molecule has 3 aromatic heterocycles. The van der Waals surface area contributed by atoms with E-state index in [1.54, 1.807) is 18.3 Å². The average molecular weight is 312 g/mol. The van der Waals surface area contributed by atoms with Crippen LogP contribution >= 0.6 is 0 Å². The second kappa shape index (κ2) is 6.24. The lowest BCUT2D eigenvalue weighted by molar-refractivity contribution is 0.0901. The molecule has 0 fully saturated rings. The van der Waals surface area contributed by atoms with Gasteiger partial charge in [-0.1, -0.05) is 13.8 Å². The Balaban J connectivity index is 1.94. The molecule has 120 valence electrons. The number of nitrogens with one attached hydrogen (secondary N) is 1. The maximum absolute atomic E-state index is 12.3. The summed E-state index contributed by atoms with van der Waals surface area (Å²) in [5.41, 5.74) is 1.63. The van der Waals surface area contributed by atoms with Crippen LogP contribution in [-0.2, 0) is 7.05 Å². The van der Waals surface area contributed by atoms with Gasteiger partial charge in [0.05, 0.1) is 12.3 Å². The summed E-state index contributed by atoms with van der Waals surface area (Å²) in [4.78, 5) is 21.4. The Hall–Kier alpha value is -2.63. The topological polar surface area (TPSA) is 73.0 Å². The number of hydrogen-bond donors (Lipinski definition) is 1. The van der Waals surface area contributed by atoms with E-state index >= 15 is 0 Å². The number of imidazole rings is 1. The number of carbonyl (C=O) groups excluding carboxylic acids is 1. The van der Waals surface area contributed by atoms with Crippen LogP contribution in [-0.4, -0.2) is 20.4 Å². The lowest BCUT2D eigenvalue weighted by Crippen LogP contribution is -2.31. The van der Waals surface area contributed by atoms with E-state index in [0.29, 0.717) is 11.7 Å².